The monoisotopic (exact) mass is 235 g/mol. The van der Waals surface area contributed by atoms with Crippen molar-refractivity contribution < 1.29 is 4.79 Å². The van der Waals surface area contributed by atoms with Crippen molar-refractivity contribution in [2.24, 2.45) is 5.92 Å². The fraction of sp³-hybridized carbons (Fsp3) is 0.308. The maximum Gasteiger partial charge on any atom is 0.224 e. The first-order valence-corrected chi connectivity index (χ1v) is 5.84. The molecule has 3 heteroatoms. The van der Waals surface area contributed by atoms with E-state index in [0.717, 1.165) is 18.5 Å². The summed E-state index contributed by atoms with van der Waals surface area (Å²) in [5.74, 6) is 0.456. The molecule has 1 N–H and O–H groups in total. The lowest BCUT2D eigenvalue weighted by Gasteiger charge is -2.08. The molecule has 0 radical (unpaired) electrons. The molecule has 1 aliphatic rings. The molecule has 0 saturated carbocycles. The van der Waals surface area contributed by atoms with Gasteiger partial charge in [0.1, 0.15) is 0 Å². The van der Waals surface area contributed by atoms with E-state index in [1.807, 2.05) is 12.1 Å². The van der Waals surface area contributed by atoms with Crippen molar-refractivity contribution in [1.82, 2.24) is 0 Å². The fourth-order valence-corrected chi connectivity index (χ4v) is 2.07. The summed E-state index contributed by atoms with van der Waals surface area (Å²) in [5.41, 5.74) is 0.763. The van der Waals surface area contributed by atoms with Gasteiger partial charge in [-0.05, 0) is 37.0 Å². The molecule has 0 heterocycles. The Morgan fingerprint density at radius 3 is 3.06 bits per heavy atom. The highest BCUT2D eigenvalue weighted by molar-refractivity contribution is 6.30. The summed E-state index contributed by atoms with van der Waals surface area (Å²) in [6.45, 7) is 0. The second-order valence-electron chi connectivity index (χ2n) is 4.03. The number of carbonyl (C=O) groups is 1. The summed E-state index contributed by atoms with van der Waals surface area (Å²) < 4.78 is 0. The predicted molar refractivity (Wildman–Crippen MR) is 66.6 cm³/mol. The summed E-state index contributed by atoms with van der Waals surface area (Å²) in [7, 11) is 0. The largest absolute Gasteiger partial charge is 0.326 e. The van der Waals surface area contributed by atoms with Crippen molar-refractivity contribution in [2.75, 3.05) is 5.32 Å². The lowest BCUT2D eigenvalue weighted by atomic mass is 10.1. The van der Waals surface area contributed by atoms with E-state index in [2.05, 4.69) is 17.5 Å². The number of anilines is 1. The molecule has 0 spiro atoms. The van der Waals surface area contributed by atoms with Crippen molar-refractivity contribution >= 4 is 23.2 Å². The highest BCUT2D eigenvalue weighted by Gasteiger charge is 2.13. The Hall–Kier alpha value is -1.28. The van der Waals surface area contributed by atoms with Crippen LogP contribution < -0.4 is 5.32 Å². The second kappa shape index (κ2) is 5.17. The van der Waals surface area contributed by atoms with Crippen LogP contribution in [-0.4, -0.2) is 5.91 Å². The minimum Gasteiger partial charge on any atom is -0.326 e. The maximum atomic E-state index is 11.7. The minimum absolute atomic E-state index is 0.0545. The number of benzene rings is 1. The topological polar surface area (TPSA) is 29.1 Å². The van der Waals surface area contributed by atoms with Gasteiger partial charge in [0.15, 0.2) is 0 Å². The van der Waals surface area contributed by atoms with Crippen LogP contribution in [0.3, 0.4) is 0 Å². The third-order valence-corrected chi connectivity index (χ3v) is 2.90. The minimum atomic E-state index is 0.0545. The summed E-state index contributed by atoms with van der Waals surface area (Å²) in [4.78, 5) is 11.7. The molecular formula is C13H14ClNO. The molecular weight excluding hydrogens is 222 g/mol. The Morgan fingerprint density at radius 1 is 1.50 bits per heavy atom. The standard InChI is InChI=1S/C13H14ClNO/c14-11-6-3-7-12(9-11)15-13(16)8-10-4-1-2-5-10/h1,3-4,6-7,9-10H,2,5,8H2,(H,15,16)/t10-/m1/s1. The zero-order valence-corrected chi connectivity index (χ0v) is 9.70. The molecule has 1 atom stereocenters. The Bertz CT molecular complexity index is 414. The van der Waals surface area contributed by atoms with Crippen LogP contribution in [0.15, 0.2) is 36.4 Å². The number of halogens is 1. The van der Waals surface area contributed by atoms with E-state index in [1.54, 1.807) is 12.1 Å². The van der Waals surface area contributed by atoms with Gasteiger partial charge in [0, 0.05) is 17.1 Å². The van der Waals surface area contributed by atoms with E-state index in [4.69, 9.17) is 11.6 Å². The third-order valence-electron chi connectivity index (χ3n) is 2.67. The summed E-state index contributed by atoms with van der Waals surface area (Å²) in [6, 6.07) is 7.21. The molecule has 0 bridgehead atoms. The molecule has 0 unspecified atom stereocenters. The van der Waals surface area contributed by atoms with Gasteiger partial charge < -0.3 is 5.32 Å². The molecule has 2 nitrogen and oxygen atoms in total. The first kappa shape index (κ1) is 11.2. The molecule has 1 amide bonds. The quantitative estimate of drug-likeness (QED) is 0.797. The van der Waals surface area contributed by atoms with Crippen molar-refractivity contribution in [2.45, 2.75) is 19.3 Å². The number of rotatable bonds is 3. The zero-order chi connectivity index (χ0) is 11.4. The average molecular weight is 236 g/mol. The van der Waals surface area contributed by atoms with E-state index in [1.165, 1.54) is 0 Å². The van der Waals surface area contributed by atoms with Gasteiger partial charge in [0.05, 0.1) is 0 Å². The number of carbonyl (C=O) groups excluding carboxylic acids is 1. The summed E-state index contributed by atoms with van der Waals surface area (Å²) in [6.07, 6.45) is 7.00. The highest BCUT2D eigenvalue weighted by Crippen LogP contribution is 2.21. The number of hydrogen-bond acceptors (Lipinski definition) is 1. The molecule has 0 aliphatic heterocycles. The van der Waals surface area contributed by atoms with E-state index < -0.39 is 0 Å². The lowest BCUT2D eigenvalue weighted by Crippen LogP contribution is -2.14. The molecule has 0 fully saturated rings. The van der Waals surface area contributed by atoms with Gasteiger partial charge in [-0.2, -0.15) is 0 Å². The summed E-state index contributed by atoms with van der Waals surface area (Å²) in [5, 5.41) is 3.49. The van der Waals surface area contributed by atoms with Gasteiger partial charge in [-0.1, -0.05) is 29.8 Å². The molecule has 84 valence electrons. The van der Waals surface area contributed by atoms with Crippen LogP contribution in [-0.2, 0) is 4.79 Å². The molecule has 2 rings (SSSR count). The first-order chi connectivity index (χ1) is 7.74. The lowest BCUT2D eigenvalue weighted by molar-refractivity contribution is -0.116. The second-order valence-corrected chi connectivity index (χ2v) is 4.46. The van der Waals surface area contributed by atoms with Crippen LogP contribution in [0.1, 0.15) is 19.3 Å². The number of hydrogen-bond donors (Lipinski definition) is 1. The van der Waals surface area contributed by atoms with Crippen LogP contribution in [0.2, 0.25) is 5.02 Å². The van der Waals surface area contributed by atoms with Crippen LogP contribution in [0, 0.1) is 5.92 Å². The Morgan fingerprint density at radius 2 is 2.38 bits per heavy atom. The van der Waals surface area contributed by atoms with Crippen LogP contribution in [0.5, 0.6) is 0 Å². The summed E-state index contributed by atoms with van der Waals surface area (Å²) >= 11 is 5.84. The Labute approximate surface area is 100 Å². The fourth-order valence-electron chi connectivity index (χ4n) is 1.88. The molecule has 0 aromatic heterocycles. The van der Waals surface area contributed by atoms with E-state index in [9.17, 15) is 4.79 Å². The number of nitrogens with one attached hydrogen (secondary N) is 1. The molecule has 16 heavy (non-hydrogen) atoms. The first-order valence-electron chi connectivity index (χ1n) is 5.46. The van der Waals surface area contributed by atoms with Crippen molar-refractivity contribution in [1.29, 1.82) is 0 Å². The molecule has 1 aromatic carbocycles. The Kier molecular flexibility index (Phi) is 3.62. The van der Waals surface area contributed by atoms with Crippen LogP contribution in [0.4, 0.5) is 5.69 Å². The van der Waals surface area contributed by atoms with Crippen LogP contribution in [0.25, 0.3) is 0 Å². The normalized spacial score (nSPS) is 18.7. The average Bonchev–Trinajstić information content (AvgIpc) is 2.70. The van der Waals surface area contributed by atoms with Gasteiger partial charge in [0.2, 0.25) is 5.91 Å². The van der Waals surface area contributed by atoms with Gasteiger partial charge >= 0.3 is 0 Å². The van der Waals surface area contributed by atoms with Gasteiger partial charge in [-0.25, -0.2) is 0 Å². The van der Waals surface area contributed by atoms with Crippen molar-refractivity contribution in [3.63, 3.8) is 0 Å². The van der Waals surface area contributed by atoms with E-state index in [0.29, 0.717) is 17.4 Å². The molecule has 0 saturated heterocycles. The highest BCUT2D eigenvalue weighted by atomic mass is 35.5. The Balaban J connectivity index is 1.89. The zero-order valence-electron chi connectivity index (χ0n) is 8.95. The van der Waals surface area contributed by atoms with Crippen molar-refractivity contribution in [3.05, 3.63) is 41.4 Å². The molecule has 1 aromatic rings. The number of amides is 1. The predicted octanol–water partition coefficient (Wildman–Crippen LogP) is 3.63. The maximum absolute atomic E-state index is 11.7. The third kappa shape index (κ3) is 3.11. The smallest absolute Gasteiger partial charge is 0.224 e. The van der Waals surface area contributed by atoms with E-state index in [-0.39, 0.29) is 5.91 Å². The van der Waals surface area contributed by atoms with Gasteiger partial charge in [0.25, 0.3) is 0 Å². The van der Waals surface area contributed by atoms with Crippen LogP contribution >= 0.6 is 11.6 Å². The molecule has 1 aliphatic carbocycles. The number of allylic oxidation sites excluding steroid dienone is 2. The van der Waals surface area contributed by atoms with E-state index >= 15 is 0 Å². The van der Waals surface area contributed by atoms with Gasteiger partial charge in [-0.3, -0.25) is 4.79 Å². The van der Waals surface area contributed by atoms with Gasteiger partial charge in [-0.15, -0.1) is 0 Å². The van der Waals surface area contributed by atoms with Crippen molar-refractivity contribution in [3.8, 4) is 0 Å². The SMILES string of the molecule is O=C(C[C@@H]1C=CCC1)Nc1cccc(Cl)c1.